The molecule has 8 heteroatoms. The molecule has 0 bridgehead atoms. The molecular formula is C26H31FN6O. The zero-order valence-electron chi connectivity index (χ0n) is 19.5. The van der Waals surface area contributed by atoms with Crippen molar-refractivity contribution in [2.24, 2.45) is 0 Å². The van der Waals surface area contributed by atoms with Crippen LogP contribution in [-0.2, 0) is 24.3 Å². The van der Waals surface area contributed by atoms with Crippen molar-refractivity contribution < 1.29 is 9.18 Å². The molecule has 4 heterocycles. The van der Waals surface area contributed by atoms with E-state index in [9.17, 15) is 10.1 Å². The first-order valence-electron chi connectivity index (χ1n) is 12.3. The first-order valence-corrected chi connectivity index (χ1v) is 12.3. The Bertz CT molecular complexity index is 1050. The Morgan fingerprint density at radius 2 is 1.88 bits per heavy atom. The lowest BCUT2D eigenvalue weighted by atomic mass is 9.90. The lowest BCUT2D eigenvalue weighted by Crippen LogP contribution is -2.55. The highest BCUT2D eigenvalue weighted by molar-refractivity contribution is 5.85. The molecule has 5 rings (SSSR count). The predicted octanol–water partition coefficient (Wildman–Crippen LogP) is 2.70. The fraction of sp³-hybridized carbons (Fsp3) is 0.538. The Balaban J connectivity index is 1.12. The molecule has 2 aromatic rings. The van der Waals surface area contributed by atoms with Crippen LogP contribution in [-0.4, -0.2) is 75.2 Å². The molecule has 0 saturated carbocycles. The van der Waals surface area contributed by atoms with Gasteiger partial charge in [0.25, 0.3) is 5.91 Å². The molecule has 0 aliphatic carbocycles. The minimum atomic E-state index is -1.75. The maximum absolute atomic E-state index is 15.7. The summed E-state index contributed by atoms with van der Waals surface area (Å²) in [6.45, 7) is 4.91. The fourth-order valence-electron chi connectivity index (χ4n) is 5.63. The van der Waals surface area contributed by atoms with Gasteiger partial charge in [-0.1, -0.05) is 6.07 Å². The van der Waals surface area contributed by atoms with E-state index >= 15 is 4.39 Å². The van der Waals surface area contributed by atoms with Gasteiger partial charge < -0.3 is 4.90 Å². The molecule has 1 aromatic carbocycles. The number of carbonyl (C=O) groups excluding carboxylic acids is 1. The van der Waals surface area contributed by atoms with Crippen molar-refractivity contribution in [2.45, 2.75) is 56.9 Å². The Hall–Kier alpha value is -2.89. The van der Waals surface area contributed by atoms with Crippen LogP contribution < -0.4 is 0 Å². The second kappa shape index (κ2) is 9.77. The molecular weight excluding hydrogens is 431 g/mol. The maximum atomic E-state index is 15.7. The van der Waals surface area contributed by atoms with E-state index in [1.807, 2.05) is 18.2 Å². The van der Waals surface area contributed by atoms with Gasteiger partial charge in [0, 0.05) is 70.9 Å². The molecule has 1 aromatic heterocycles. The molecule has 0 unspecified atom stereocenters. The summed E-state index contributed by atoms with van der Waals surface area (Å²) in [5.74, 6) is -0.321. The number of amides is 1. The van der Waals surface area contributed by atoms with Crippen molar-refractivity contribution >= 4 is 5.91 Å². The van der Waals surface area contributed by atoms with Crippen LogP contribution in [0.2, 0.25) is 0 Å². The Morgan fingerprint density at radius 1 is 1.09 bits per heavy atom. The summed E-state index contributed by atoms with van der Waals surface area (Å²) in [5, 5.41) is 16.9. The van der Waals surface area contributed by atoms with Crippen LogP contribution in [0.1, 0.15) is 47.9 Å². The van der Waals surface area contributed by atoms with Gasteiger partial charge in [-0.05, 0) is 54.2 Å². The molecule has 3 aliphatic heterocycles. The lowest BCUT2D eigenvalue weighted by Gasteiger charge is -2.43. The van der Waals surface area contributed by atoms with E-state index in [2.05, 4.69) is 32.1 Å². The van der Waals surface area contributed by atoms with Crippen LogP contribution in [0.25, 0.3) is 0 Å². The quantitative estimate of drug-likeness (QED) is 0.696. The van der Waals surface area contributed by atoms with Crippen molar-refractivity contribution in [1.29, 1.82) is 5.26 Å². The SMILES string of the molecule is N#Cc1ccc2c(c1)CN(C1CCN(C(=O)C3(F)CCN(Cc4ccnnc4)CC3)CC1)CC2. The van der Waals surface area contributed by atoms with E-state index in [-0.39, 0.29) is 18.7 Å². The van der Waals surface area contributed by atoms with Crippen LogP contribution in [0.3, 0.4) is 0 Å². The van der Waals surface area contributed by atoms with Crippen molar-refractivity contribution in [2.75, 3.05) is 32.7 Å². The number of hydrogen-bond acceptors (Lipinski definition) is 6. The predicted molar refractivity (Wildman–Crippen MR) is 125 cm³/mol. The van der Waals surface area contributed by atoms with E-state index in [1.54, 1.807) is 17.3 Å². The van der Waals surface area contributed by atoms with Crippen LogP contribution in [0.4, 0.5) is 4.39 Å². The number of nitrogens with zero attached hydrogens (tertiary/aromatic N) is 6. The van der Waals surface area contributed by atoms with Crippen LogP contribution >= 0.6 is 0 Å². The fourth-order valence-corrected chi connectivity index (χ4v) is 5.63. The van der Waals surface area contributed by atoms with Gasteiger partial charge in [0.2, 0.25) is 0 Å². The standard InChI is InChI=1S/C26H31FN6O/c27-26(7-13-31(14-8-26)18-21-3-9-29-30-17-21)25(34)32-11-5-24(6-12-32)33-10-4-22-2-1-20(16-28)15-23(22)19-33/h1-3,9,15,17,24H,4-8,10-14,18-19H2. The van der Waals surface area contributed by atoms with Crippen molar-refractivity contribution in [3.63, 3.8) is 0 Å². The number of alkyl halides is 1. The van der Waals surface area contributed by atoms with Gasteiger partial charge in [0.15, 0.2) is 5.67 Å². The average Bonchev–Trinajstić information content (AvgIpc) is 2.89. The number of fused-ring (bicyclic) bond motifs is 1. The largest absolute Gasteiger partial charge is 0.340 e. The van der Waals surface area contributed by atoms with Crippen molar-refractivity contribution in [3.05, 3.63) is 58.9 Å². The minimum absolute atomic E-state index is 0.244. The van der Waals surface area contributed by atoms with E-state index in [1.165, 1.54) is 11.1 Å². The molecule has 2 fully saturated rings. The third kappa shape index (κ3) is 4.82. The van der Waals surface area contributed by atoms with Gasteiger partial charge in [-0.25, -0.2) is 4.39 Å². The molecule has 178 valence electrons. The van der Waals surface area contributed by atoms with Crippen LogP contribution in [0, 0.1) is 11.3 Å². The van der Waals surface area contributed by atoms with E-state index in [0.717, 1.165) is 37.9 Å². The number of aromatic nitrogens is 2. The topological polar surface area (TPSA) is 76.4 Å². The number of carbonyl (C=O) groups is 1. The van der Waals surface area contributed by atoms with Gasteiger partial charge in [-0.15, -0.1) is 0 Å². The highest BCUT2D eigenvalue weighted by Gasteiger charge is 2.45. The molecule has 7 nitrogen and oxygen atoms in total. The molecule has 1 amide bonds. The normalized spacial score (nSPS) is 21.6. The smallest absolute Gasteiger partial charge is 0.260 e. The van der Waals surface area contributed by atoms with Crippen LogP contribution in [0.5, 0.6) is 0 Å². The number of nitriles is 1. The summed E-state index contributed by atoms with van der Waals surface area (Å²) < 4.78 is 15.7. The van der Waals surface area contributed by atoms with Gasteiger partial charge in [-0.3, -0.25) is 14.6 Å². The first-order chi connectivity index (χ1) is 16.5. The number of likely N-dealkylation sites (tertiary alicyclic amines) is 2. The lowest BCUT2D eigenvalue weighted by molar-refractivity contribution is -0.149. The van der Waals surface area contributed by atoms with Crippen molar-refractivity contribution in [3.8, 4) is 6.07 Å². The number of piperidine rings is 2. The van der Waals surface area contributed by atoms with Crippen LogP contribution in [0.15, 0.2) is 36.7 Å². The highest BCUT2D eigenvalue weighted by atomic mass is 19.1. The summed E-state index contributed by atoms with van der Waals surface area (Å²) in [6, 6.07) is 10.5. The Kier molecular flexibility index (Phi) is 6.57. The molecule has 0 spiro atoms. The molecule has 3 aliphatic rings. The molecule has 2 saturated heterocycles. The summed E-state index contributed by atoms with van der Waals surface area (Å²) in [5.41, 5.74) is 2.57. The van der Waals surface area contributed by atoms with Gasteiger partial charge in [0.05, 0.1) is 17.8 Å². The van der Waals surface area contributed by atoms with E-state index in [4.69, 9.17) is 0 Å². The number of hydrogen-bond donors (Lipinski definition) is 0. The minimum Gasteiger partial charge on any atom is -0.340 e. The monoisotopic (exact) mass is 462 g/mol. The van der Waals surface area contributed by atoms with Gasteiger partial charge in [0.1, 0.15) is 0 Å². The second-order valence-electron chi connectivity index (χ2n) is 9.83. The summed E-state index contributed by atoms with van der Waals surface area (Å²) >= 11 is 0. The van der Waals surface area contributed by atoms with Crippen molar-refractivity contribution in [1.82, 2.24) is 24.9 Å². The summed E-state index contributed by atoms with van der Waals surface area (Å²) in [6.07, 6.45) is 6.61. The Labute approximate surface area is 200 Å². The van der Waals surface area contributed by atoms with Gasteiger partial charge in [-0.2, -0.15) is 15.5 Å². The molecule has 0 N–H and O–H groups in total. The van der Waals surface area contributed by atoms with E-state index in [0.29, 0.717) is 44.3 Å². The maximum Gasteiger partial charge on any atom is 0.260 e. The average molecular weight is 463 g/mol. The molecule has 0 radical (unpaired) electrons. The van der Waals surface area contributed by atoms with Gasteiger partial charge >= 0.3 is 0 Å². The molecule has 0 atom stereocenters. The Morgan fingerprint density at radius 3 is 2.59 bits per heavy atom. The first kappa shape index (κ1) is 22.9. The highest BCUT2D eigenvalue weighted by Crippen LogP contribution is 2.32. The summed E-state index contributed by atoms with van der Waals surface area (Å²) in [4.78, 5) is 19.5. The second-order valence-corrected chi connectivity index (χ2v) is 9.83. The molecule has 34 heavy (non-hydrogen) atoms. The zero-order valence-corrected chi connectivity index (χ0v) is 19.5. The summed E-state index contributed by atoms with van der Waals surface area (Å²) in [7, 11) is 0. The number of halogens is 1. The third-order valence-electron chi connectivity index (χ3n) is 7.73. The number of benzene rings is 1. The third-order valence-corrected chi connectivity index (χ3v) is 7.73. The van der Waals surface area contributed by atoms with E-state index < -0.39 is 5.67 Å². The number of rotatable bonds is 4. The zero-order chi connectivity index (χ0) is 23.5.